The molecular formula is C15H22N2O. The summed E-state index contributed by atoms with van der Waals surface area (Å²) in [5.74, 6) is 0.619. The van der Waals surface area contributed by atoms with Gasteiger partial charge in [0.2, 0.25) is 0 Å². The van der Waals surface area contributed by atoms with Crippen LogP contribution in [0.15, 0.2) is 18.2 Å². The minimum atomic E-state index is 0.153. The van der Waals surface area contributed by atoms with Gasteiger partial charge in [0.15, 0.2) is 0 Å². The predicted molar refractivity (Wildman–Crippen MR) is 73.6 cm³/mol. The number of aryl methyl sites for hydroxylation is 2. The van der Waals surface area contributed by atoms with E-state index in [1.165, 1.54) is 0 Å². The van der Waals surface area contributed by atoms with Gasteiger partial charge in [-0.2, -0.15) is 0 Å². The molecule has 1 aliphatic heterocycles. The Balaban J connectivity index is 2.15. The second-order valence-electron chi connectivity index (χ2n) is 5.37. The zero-order valence-electron chi connectivity index (χ0n) is 11.3. The van der Waals surface area contributed by atoms with Gasteiger partial charge in [0.1, 0.15) is 0 Å². The van der Waals surface area contributed by atoms with Crippen molar-refractivity contribution in [1.29, 1.82) is 0 Å². The van der Waals surface area contributed by atoms with Crippen LogP contribution in [0.25, 0.3) is 0 Å². The van der Waals surface area contributed by atoms with Crippen molar-refractivity contribution in [3.05, 3.63) is 34.9 Å². The first-order chi connectivity index (χ1) is 8.60. The molecule has 0 aromatic heterocycles. The number of benzene rings is 1. The van der Waals surface area contributed by atoms with Crippen LogP contribution in [0.1, 0.15) is 34.3 Å². The maximum atomic E-state index is 12.5. The highest BCUT2D eigenvalue weighted by Crippen LogP contribution is 2.19. The molecule has 0 spiro atoms. The molecule has 3 heteroatoms. The summed E-state index contributed by atoms with van der Waals surface area (Å²) in [7, 11) is 0. The van der Waals surface area contributed by atoms with Gasteiger partial charge in [0, 0.05) is 18.7 Å². The molecule has 1 aliphatic rings. The van der Waals surface area contributed by atoms with E-state index in [4.69, 9.17) is 5.73 Å². The number of piperidine rings is 1. The third-order valence-electron chi connectivity index (χ3n) is 3.61. The van der Waals surface area contributed by atoms with Gasteiger partial charge in [0.25, 0.3) is 5.91 Å². The number of amides is 1. The lowest BCUT2D eigenvalue weighted by molar-refractivity contribution is 0.0678. The molecule has 2 rings (SSSR count). The van der Waals surface area contributed by atoms with Crippen LogP contribution in [-0.2, 0) is 0 Å². The number of rotatable bonds is 2. The third-order valence-corrected chi connectivity index (χ3v) is 3.61. The number of nitrogens with zero attached hydrogens (tertiary/aromatic N) is 1. The molecule has 1 aromatic rings. The quantitative estimate of drug-likeness (QED) is 0.868. The number of hydrogen-bond donors (Lipinski definition) is 1. The van der Waals surface area contributed by atoms with E-state index in [1.54, 1.807) is 0 Å². The Kier molecular flexibility index (Phi) is 4.02. The zero-order chi connectivity index (χ0) is 13.1. The molecule has 0 radical (unpaired) electrons. The molecule has 0 aliphatic carbocycles. The maximum Gasteiger partial charge on any atom is 0.253 e. The van der Waals surface area contributed by atoms with E-state index >= 15 is 0 Å². The Labute approximate surface area is 109 Å². The molecule has 1 fully saturated rings. The van der Waals surface area contributed by atoms with Crippen molar-refractivity contribution in [2.45, 2.75) is 26.7 Å². The lowest BCUT2D eigenvalue weighted by Crippen LogP contribution is -2.42. The highest BCUT2D eigenvalue weighted by Gasteiger charge is 2.23. The molecule has 1 saturated heterocycles. The Morgan fingerprint density at radius 2 is 2.00 bits per heavy atom. The Morgan fingerprint density at radius 3 is 2.61 bits per heavy atom. The molecule has 1 atom stereocenters. The molecule has 1 heterocycles. The molecule has 18 heavy (non-hydrogen) atoms. The van der Waals surface area contributed by atoms with Crippen molar-refractivity contribution in [2.75, 3.05) is 19.6 Å². The van der Waals surface area contributed by atoms with E-state index in [0.29, 0.717) is 12.5 Å². The maximum absolute atomic E-state index is 12.5. The first kappa shape index (κ1) is 13.1. The topological polar surface area (TPSA) is 46.3 Å². The molecule has 1 amide bonds. The van der Waals surface area contributed by atoms with Crippen LogP contribution >= 0.6 is 0 Å². The van der Waals surface area contributed by atoms with Gasteiger partial charge in [-0.25, -0.2) is 0 Å². The van der Waals surface area contributed by atoms with Gasteiger partial charge in [-0.05, 0) is 51.3 Å². The zero-order valence-corrected chi connectivity index (χ0v) is 11.3. The Hall–Kier alpha value is -1.35. The van der Waals surface area contributed by atoms with E-state index in [-0.39, 0.29) is 5.91 Å². The summed E-state index contributed by atoms with van der Waals surface area (Å²) in [6.07, 6.45) is 2.21. The highest BCUT2D eigenvalue weighted by molar-refractivity contribution is 5.94. The summed E-state index contributed by atoms with van der Waals surface area (Å²) in [6, 6.07) is 6.04. The van der Waals surface area contributed by atoms with Crippen molar-refractivity contribution in [1.82, 2.24) is 4.90 Å². The second kappa shape index (κ2) is 5.53. The van der Waals surface area contributed by atoms with Crippen LogP contribution in [0, 0.1) is 19.8 Å². The van der Waals surface area contributed by atoms with E-state index in [1.807, 2.05) is 30.9 Å². The van der Waals surface area contributed by atoms with Crippen LogP contribution in [0.4, 0.5) is 0 Å². The Morgan fingerprint density at radius 1 is 1.33 bits per heavy atom. The third kappa shape index (κ3) is 2.91. The molecule has 1 unspecified atom stereocenters. The van der Waals surface area contributed by atoms with Gasteiger partial charge >= 0.3 is 0 Å². The average Bonchev–Trinajstić information content (AvgIpc) is 2.37. The molecule has 2 N–H and O–H groups in total. The summed E-state index contributed by atoms with van der Waals surface area (Å²) in [6.45, 7) is 6.41. The second-order valence-corrected chi connectivity index (χ2v) is 5.37. The lowest BCUT2D eigenvalue weighted by atomic mass is 9.97. The van der Waals surface area contributed by atoms with Gasteiger partial charge in [-0.3, -0.25) is 4.79 Å². The lowest BCUT2D eigenvalue weighted by Gasteiger charge is -2.32. The number of carbonyl (C=O) groups is 1. The summed E-state index contributed by atoms with van der Waals surface area (Å²) >= 11 is 0. The van der Waals surface area contributed by atoms with Gasteiger partial charge in [-0.1, -0.05) is 17.2 Å². The molecule has 98 valence electrons. The van der Waals surface area contributed by atoms with Crippen LogP contribution in [0.3, 0.4) is 0 Å². The molecular weight excluding hydrogens is 224 g/mol. The first-order valence-electron chi connectivity index (χ1n) is 6.68. The van der Waals surface area contributed by atoms with E-state index in [2.05, 4.69) is 6.07 Å². The smallest absolute Gasteiger partial charge is 0.253 e. The molecule has 0 bridgehead atoms. The minimum absolute atomic E-state index is 0.153. The van der Waals surface area contributed by atoms with Crippen LogP contribution < -0.4 is 5.73 Å². The fourth-order valence-electron chi connectivity index (χ4n) is 2.72. The fourth-order valence-corrected chi connectivity index (χ4v) is 2.72. The number of carbonyl (C=O) groups excluding carboxylic acids is 1. The average molecular weight is 246 g/mol. The number of likely N-dealkylation sites (tertiary alicyclic amines) is 1. The largest absolute Gasteiger partial charge is 0.338 e. The van der Waals surface area contributed by atoms with Crippen LogP contribution in [0.2, 0.25) is 0 Å². The minimum Gasteiger partial charge on any atom is -0.338 e. The van der Waals surface area contributed by atoms with E-state index in [0.717, 1.165) is 42.6 Å². The number of nitrogens with two attached hydrogens (primary N) is 1. The normalized spacial score (nSPS) is 19.9. The predicted octanol–water partition coefficient (Wildman–Crippen LogP) is 2.11. The summed E-state index contributed by atoms with van der Waals surface area (Å²) in [4.78, 5) is 14.4. The van der Waals surface area contributed by atoms with Gasteiger partial charge < -0.3 is 10.6 Å². The van der Waals surface area contributed by atoms with Crippen molar-refractivity contribution in [3.63, 3.8) is 0 Å². The number of hydrogen-bond acceptors (Lipinski definition) is 2. The van der Waals surface area contributed by atoms with E-state index in [9.17, 15) is 4.79 Å². The monoisotopic (exact) mass is 246 g/mol. The van der Waals surface area contributed by atoms with E-state index < -0.39 is 0 Å². The van der Waals surface area contributed by atoms with Gasteiger partial charge in [-0.15, -0.1) is 0 Å². The highest BCUT2D eigenvalue weighted by atomic mass is 16.2. The molecule has 1 aromatic carbocycles. The van der Waals surface area contributed by atoms with Crippen molar-refractivity contribution < 1.29 is 4.79 Å². The summed E-state index contributed by atoms with van der Waals surface area (Å²) in [5.41, 5.74) is 8.81. The van der Waals surface area contributed by atoms with Crippen LogP contribution in [-0.4, -0.2) is 30.4 Å². The summed E-state index contributed by atoms with van der Waals surface area (Å²) in [5, 5.41) is 0. The van der Waals surface area contributed by atoms with Gasteiger partial charge in [0.05, 0.1) is 0 Å². The molecule has 3 nitrogen and oxygen atoms in total. The summed E-state index contributed by atoms with van der Waals surface area (Å²) < 4.78 is 0. The Bertz CT molecular complexity index is 422. The fraction of sp³-hybridized carbons (Fsp3) is 0.533. The van der Waals surface area contributed by atoms with Crippen molar-refractivity contribution in [3.8, 4) is 0 Å². The standard InChI is InChI=1S/C15H22N2O/c1-11-6-12(2)8-14(7-11)15(18)17-5-3-4-13(9-16)10-17/h6-8,13H,3-5,9-10,16H2,1-2H3. The van der Waals surface area contributed by atoms with Crippen molar-refractivity contribution >= 4 is 5.91 Å². The first-order valence-corrected chi connectivity index (χ1v) is 6.68. The molecule has 0 saturated carbocycles. The SMILES string of the molecule is Cc1cc(C)cc(C(=O)N2CCCC(CN)C2)c1. The van der Waals surface area contributed by atoms with Crippen LogP contribution in [0.5, 0.6) is 0 Å². The van der Waals surface area contributed by atoms with Crippen molar-refractivity contribution in [2.24, 2.45) is 11.7 Å².